The van der Waals surface area contributed by atoms with E-state index in [0.717, 1.165) is 22.7 Å². The summed E-state index contributed by atoms with van der Waals surface area (Å²) < 4.78 is 14.7. The van der Waals surface area contributed by atoms with Crippen molar-refractivity contribution in [3.05, 3.63) is 449 Å². The first kappa shape index (κ1) is 68.9. The Bertz CT molecular complexity index is 8750. The number of nitrogens with zero attached hydrogens (tertiary/aromatic N) is 6. The average Bonchev–Trinajstić information content (AvgIpc) is 1.55. The van der Waals surface area contributed by atoms with Crippen LogP contribution in [-0.2, 0) is 0 Å². The van der Waals surface area contributed by atoms with Gasteiger partial charge in [-0.25, -0.2) is 0 Å². The molecule has 568 valence electrons. The van der Waals surface area contributed by atoms with Gasteiger partial charge in [0.1, 0.15) is 0 Å². The van der Waals surface area contributed by atoms with Crippen LogP contribution in [0.4, 0.5) is 0 Å². The summed E-state index contributed by atoms with van der Waals surface area (Å²) in [4.78, 5) is 0. The van der Waals surface area contributed by atoms with Gasteiger partial charge in [0.05, 0.1) is 66.2 Å². The number of rotatable bonds is 10. The molecule has 0 spiro atoms. The minimum atomic E-state index is 1.13. The Morgan fingerprint density at radius 3 is 0.852 bits per heavy atom. The topological polar surface area (TPSA) is 29.6 Å². The summed E-state index contributed by atoms with van der Waals surface area (Å²) in [7, 11) is 0. The Morgan fingerprint density at radius 1 is 0.115 bits per heavy atom. The fraction of sp³-hybridized carbons (Fsp3) is 0. The molecule has 6 aromatic heterocycles. The molecule has 122 heavy (non-hydrogen) atoms. The standard InChI is InChI=1S/2C58H37N3/c1-3-14-38(15-4-1)41-18-13-21-45(34-41)61-56-33-28-43(37-52(56)50-31-30-49-47-22-9-12-25-54(47)60(57(49)58(50)61)44-19-5-2-6-20-44)42-27-32-55-51(36-42)48-23-10-11-24-53(48)59(55)46-29-26-39-16-7-8-17-40(39)35-46;1-3-14-38(15-4-1)41-18-13-21-45(34-41)61-55-32-28-43(37-51(55)48-30-33-56-57(58(48)61)49-23-10-12-25-53(49)59(56)44-19-5-2-6-20-44)42-27-31-54-50(36-42)47-22-9-11-24-52(47)60(54)46-29-26-39-16-7-8-17-40(39)35-46/h2*1-37H. The quantitative estimate of drug-likeness (QED) is 0.131. The fourth-order valence-corrected chi connectivity index (χ4v) is 20.1. The highest BCUT2D eigenvalue weighted by molar-refractivity contribution is 6.28. The van der Waals surface area contributed by atoms with E-state index in [1.165, 1.54) is 208 Å². The third-order valence-corrected chi connectivity index (χ3v) is 25.6. The number of hydrogen-bond acceptors (Lipinski definition) is 0. The van der Waals surface area contributed by atoms with Gasteiger partial charge in [-0.3, -0.25) is 0 Å². The molecule has 0 aliphatic heterocycles. The second kappa shape index (κ2) is 27.7. The molecule has 0 bridgehead atoms. The zero-order chi connectivity index (χ0) is 80.0. The maximum atomic E-state index is 2.51. The molecule has 0 saturated carbocycles. The lowest BCUT2D eigenvalue weighted by Gasteiger charge is -2.13. The lowest BCUT2D eigenvalue weighted by Crippen LogP contribution is -1.98. The van der Waals surface area contributed by atoms with Gasteiger partial charge in [0, 0.05) is 98.8 Å². The molecule has 26 rings (SSSR count). The molecular formula is C116H74N6. The highest BCUT2D eigenvalue weighted by Gasteiger charge is 2.26. The molecule has 0 amide bonds. The van der Waals surface area contributed by atoms with Crippen molar-refractivity contribution in [3.8, 4) is 78.6 Å². The summed E-state index contributed by atoms with van der Waals surface area (Å²) in [6.07, 6.45) is 0. The fourth-order valence-electron chi connectivity index (χ4n) is 20.1. The minimum Gasteiger partial charge on any atom is -0.309 e. The van der Waals surface area contributed by atoms with E-state index in [0.29, 0.717) is 0 Å². The van der Waals surface area contributed by atoms with Crippen LogP contribution >= 0.6 is 0 Å². The first-order chi connectivity index (χ1) is 60.5. The Hall–Kier alpha value is -16.3. The number of benzene rings is 20. The first-order valence-corrected chi connectivity index (χ1v) is 42.0. The van der Waals surface area contributed by atoms with E-state index in [4.69, 9.17) is 0 Å². The van der Waals surface area contributed by atoms with E-state index >= 15 is 0 Å². The molecular weight excluding hydrogens is 1480 g/mol. The number of para-hydroxylation sites is 6. The molecule has 0 radical (unpaired) electrons. The van der Waals surface area contributed by atoms with Crippen LogP contribution in [0.25, 0.3) is 231 Å². The number of hydrogen-bond donors (Lipinski definition) is 0. The van der Waals surface area contributed by atoms with Crippen LogP contribution < -0.4 is 0 Å². The van der Waals surface area contributed by atoms with E-state index in [-0.39, 0.29) is 0 Å². The van der Waals surface area contributed by atoms with Crippen LogP contribution in [0, 0.1) is 0 Å². The smallest absolute Gasteiger partial charge is 0.0788 e. The Kier molecular flexibility index (Phi) is 15.6. The van der Waals surface area contributed by atoms with Crippen LogP contribution in [0.2, 0.25) is 0 Å². The largest absolute Gasteiger partial charge is 0.309 e. The van der Waals surface area contributed by atoms with Crippen LogP contribution in [0.3, 0.4) is 0 Å². The molecule has 0 aliphatic rings. The summed E-state index contributed by atoms with van der Waals surface area (Å²) >= 11 is 0. The summed E-state index contributed by atoms with van der Waals surface area (Å²) in [5.41, 5.74) is 30.9. The zero-order valence-corrected chi connectivity index (χ0v) is 66.4. The average molecular weight is 1550 g/mol. The molecule has 6 nitrogen and oxygen atoms in total. The SMILES string of the molecule is c1ccc(-c2cccc(-n3c4ccc(-c5ccc6c(c5)c5ccccc5n6-c5ccc6ccccc6c5)cc4c4ccc5c(c6ccccc6n5-c5ccccc5)c43)c2)cc1.c1ccc(-c2cccc(-n3c4ccc(-c5ccc6c(c5)c5ccccc5n6-c5ccc6ccccc6c5)cc4c4ccc5c6ccccc6n(-c6ccccc6)c5c43)c2)cc1. The lowest BCUT2D eigenvalue weighted by molar-refractivity contribution is 1.15. The van der Waals surface area contributed by atoms with Crippen molar-refractivity contribution in [1.82, 2.24) is 27.4 Å². The van der Waals surface area contributed by atoms with Crippen LogP contribution in [0.1, 0.15) is 0 Å². The van der Waals surface area contributed by atoms with Gasteiger partial charge < -0.3 is 27.4 Å². The second-order valence-electron chi connectivity index (χ2n) is 32.3. The Labute approximate surface area is 702 Å². The third kappa shape index (κ3) is 10.8. The molecule has 0 saturated heterocycles. The minimum absolute atomic E-state index is 1.13. The van der Waals surface area contributed by atoms with E-state index in [2.05, 4.69) is 476 Å². The van der Waals surface area contributed by atoms with E-state index in [9.17, 15) is 0 Å². The second-order valence-corrected chi connectivity index (χ2v) is 32.3. The highest BCUT2D eigenvalue weighted by atomic mass is 15.1. The molecule has 26 aromatic rings. The van der Waals surface area contributed by atoms with Gasteiger partial charge in [0.15, 0.2) is 0 Å². The summed E-state index contributed by atoms with van der Waals surface area (Å²) in [6, 6.07) is 165. The molecule has 0 atom stereocenters. The van der Waals surface area contributed by atoms with Crippen LogP contribution in [-0.4, -0.2) is 27.4 Å². The van der Waals surface area contributed by atoms with Crippen LogP contribution in [0.15, 0.2) is 449 Å². The third-order valence-electron chi connectivity index (χ3n) is 25.6. The molecule has 0 aliphatic carbocycles. The zero-order valence-electron chi connectivity index (χ0n) is 66.4. The lowest BCUT2D eigenvalue weighted by atomic mass is 10.00. The Morgan fingerprint density at radius 2 is 0.385 bits per heavy atom. The predicted octanol–water partition coefficient (Wildman–Crippen LogP) is 30.9. The molecule has 6 heteroatoms. The predicted molar refractivity (Wildman–Crippen MR) is 516 cm³/mol. The summed E-state index contributed by atoms with van der Waals surface area (Å²) in [5.74, 6) is 0. The number of aromatic nitrogens is 6. The van der Waals surface area contributed by atoms with E-state index < -0.39 is 0 Å². The van der Waals surface area contributed by atoms with Crippen LogP contribution in [0.5, 0.6) is 0 Å². The van der Waals surface area contributed by atoms with Gasteiger partial charge in [-0.1, -0.05) is 297 Å². The van der Waals surface area contributed by atoms with E-state index in [1.807, 2.05) is 0 Å². The van der Waals surface area contributed by atoms with Gasteiger partial charge in [-0.2, -0.15) is 0 Å². The molecule has 0 fully saturated rings. The number of fused-ring (bicyclic) bond motifs is 22. The molecule has 0 unspecified atom stereocenters. The van der Waals surface area contributed by atoms with Gasteiger partial charge in [0.2, 0.25) is 0 Å². The van der Waals surface area contributed by atoms with Crippen molar-refractivity contribution in [2.45, 2.75) is 0 Å². The van der Waals surface area contributed by atoms with Gasteiger partial charge in [-0.15, -0.1) is 0 Å². The highest BCUT2D eigenvalue weighted by Crippen LogP contribution is 2.48. The maximum absolute atomic E-state index is 2.51. The summed E-state index contributed by atoms with van der Waals surface area (Å²) in [5, 5.41) is 19.9. The van der Waals surface area contributed by atoms with Gasteiger partial charge in [-0.05, 0) is 218 Å². The van der Waals surface area contributed by atoms with Gasteiger partial charge >= 0.3 is 0 Å². The maximum Gasteiger partial charge on any atom is 0.0788 e. The van der Waals surface area contributed by atoms with Crippen molar-refractivity contribution in [1.29, 1.82) is 0 Å². The first-order valence-electron chi connectivity index (χ1n) is 42.0. The summed E-state index contributed by atoms with van der Waals surface area (Å²) in [6.45, 7) is 0. The molecule has 0 N–H and O–H groups in total. The Balaban J connectivity index is 0.000000134. The van der Waals surface area contributed by atoms with Gasteiger partial charge in [0.25, 0.3) is 0 Å². The van der Waals surface area contributed by atoms with Crippen molar-refractivity contribution >= 4 is 152 Å². The van der Waals surface area contributed by atoms with Crippen molar-refractivity contribution in [2.75, 3.05) is 0 Å². The molecule has 6 heterocycles. The van der Waals surface area contributed by atoms with E-state index in [1.54, 1.807) is 0 Å². The van der Waals surface area contributed by atoms with Crippen molar-refractivity contribution in [2.24, 2.45) is 0 Å². The van der Waals surface area contributed by atoms with Crippen molar-refractivity contribution < 1.29 is 0 Å². The molecule has 20 aromatic carbocycles. The monoisotopic (exact) mass is 1550 g/mol. The van der Waals surface area contributed by atoms with Crippen molar-refractivity contribution in [3.63, 3.8) is 0 Å². The normalized spacial score (nSPS) is 11.9.